The maximum absolute atomic E-state index is 13.2. The summed E-state index contributed by atoms with van der Waals surface area (Å²) in [4.78, 5) is 28.9. The van der Waals surface area contributed by atoms with Crippen LogP contribution in [0.2, 0.25) is 10.0 Å². The third-order valence-electron chi connectivity index (χ3n) is 5.73. The Balaban J connectivity index is 1.59. The molecule has 1 atom stereocenters. The molecule has 7 heteroatoms. The van der Waals surface area contributed by atoms with E-state index in [4.69, 9.17) is 23.2 Å². The average molecular weight is 494 g/mol. The molecule has 1 aliphatic carbocycles. The lowest BCUT2D eigenvalue weighted by molar-refractivity contribution is -0.140. The summed E-state index contributed by atoms with van der Waals surface area (Å²) in [6.07, 6.45) is 5.45. The molecule has 1 aliphatic rings. The highest BCUT2D eigenvalue weighted by Crippen LogP contribution is 2.23. The number of amides is 2. The van der Waals surface area contributed by atoms with E-state index in [2.05, 4.69) is 5.32 Å². The molecule has 0 spiro atoms. The van der Waals surface area contributed by atoms with Crippen LogP contribution in [0.4, 0.5) is 0 Å². The summed E-state index contributed by atoms with van der Waals surface area (Å²) in [5, 5.41) is 4.47. The van der Waals surface area contributed by atoms with Gasteiger partial charge in [-0.15, -0.1) is 11.8 Å². The number of carbonyl (C=O) groups is 2. The van der Waals surface area contributed by atoms with Crippen molar-refractivity contribution in [3.05, 3.63) is 64.1 Å². The van der Waals surface area contributed by atoms with Gasteiger partial charge < -0.3 is 10.2 Å². The summed E-state index contributed by atoms with van der Waals surface area (Å²) in [7, 11) is 0. The van der Waals surface area contributed by atoms with Gasteiger partial charge >= 0.3 is 0 Å². The summed E-state index contributed by atoms with van der Waals surface area (Å²) in [5.74, 6) is 0.722. The first-order chi connectivity index (χ1) is 15.4. The number of rotatable bonds is 10. The number of hydrogen-bond acceptors (Lipinski definition) is 3. The maximum atomic E-state index is 13.2. The molecule has 0 radical (unpaired) electrons. The molecule has 2 amide bonds. The van der Waals surface area contributed by atoms with Gasteiger partial charge in [0.25, 0.3) is 0 Å². The number of carbonyl (C=O) groups excluding carboxylic acids is 2. The standard InChI is InChI=1S/C25H30Cl2N2O2S/c1-18(25(31)28-22-8-2-3-9-22)29(17-19-6-4-7-21(27)16-19)24(30)10-5-15-32-23-13-11-20(26)12-14-23/h4,6-7,11-14,16,18,22H,2-3,5,8-10,15,17H2,1H3,(H,28,31)/t18-/m1/s1. The normalized spacial score (nSPS) is 14.8. The fourth-order valence-corrected chi connectivity index (χ4v) is 5.09. The Morgan fingerprint density at radius 3 is 2.50 bits per heavy atom. The first kappa shape index (κ1) is 24.9. The number of hydrogen-bond donors (Lipinski definition) is 1. The molecule has 4 nitrogen and oxygen atoms in total. The van der Waals surface area contributed by atoms with Crippen molar-refractivity contribution in [2.45, 2.75) is 69.0 Å². The third-order valence-corrected chi connectivity index (χ3v) is 7.31. The van der Waals surface area contributed by atoms with Gasteiger partial charge in [0.05, 0.1) is 0 Å². The Morgan fingerprint density at radius 2 is 1.81 bits per heavy atom. The Hall–Kier alpha value is -1.69. The lowest BCUT2D eigenvalue weighted by Gasteiger charge is -2.30. The lowest BCUT2D eigenvalue weighted by atomic mass is 10.1. The molecule has 32 heavy (non-hydrogen) atoms. The summed E-state index contributed by atoms with van der Waals surface area (Å²) < 4.78 is 0. The van der Waals surface area contributed by atoms with Gasteiger partial charge in [-0.1, -0.05) is 48.2 Å². The van der Waals surface area contributed by atoms with E-state index in [1.54, 1.807) is 22.7 Å². The van der Waals surface area contributed by atoms with Gasteiger partial charge in [-0.05, 0) is 73.9 Å². The first-order valence-electron chi connectivity index (χ1n) is 11.1. The van der Waals surface area contributed by atoms with E-state index in [-0.39, 0.29) is 17.9 Å². The molecule has 1 N–H and O–H groups in total. The van der Waals surface area contributed by atoms with E-state index >= 15 is 0 Å². The Bertz CT molecular complexity index is 901. The molecule has 1 saturated carbocycles. The molecule has 0 aromatic heterocycles. The Labute approximate surface area is 205 Å². The van der Waals surface area contributed by atoms with Crippen LogP contribution in [0.15, 0.2) is 53.4 Å². The zero-order chi connectivity index (χ0) is 22.9. The van der Waals surface area contributed by atoms with Gasteiger partial charge in [0.15, 0.2) is 0 Å². The smallest absolute Gasteiger partial charge is 0.242 e. The molecule has 3 rings (SSSR count). The van der Waals surface area contributed by atoms with Crippen LogP contribution in [0.3, 0.4) is 0 Å². The first-order valence-corrected chi connectivity index (χ1v) is 12.9. The molecular formula is C25H30Cl2N2O2S. The van der Waals surface area contributed by atoms with Crippen molar-refractivity contribution < 1.29 is 9.59 Å². The van der Waals surface area contributed by atoms with Crippen LogP contribution >= 0.6 is 35.0 Å². The van der Waals surface area contributed by atoms with Crippen molar-refractivity contribution in [1.29, 1.82) is 0 Å². The van der Waals surface area contributed by atoms with Crippen molar-refractivity contribution in [2.24, 2.45) is 0 Å². The number of halogens is 2. The van der Waals surface area contributed by atoms with Crippen molar-refractivity contribution in [3.63, 3.8) is 0 Å². The number of nitrogens with one attached hydrogen (secondary N) is 1. The van der Waals surface area contributed by atoms with Gasteiger partial charge in [-0.2, -0.15) is 0 Å². The van der Waals surface area contributed by atoms with Crippen molar-refractivity contribution in [1.82, 2.24) is 10.2 Å². The zero-order valence-corrected chi connectivity index (χ0v) is 20.7. The molecule has 0 unspecified atom stereocenters. The van der Waals surface area contributed by atoms with Crippen LogP contribution in [0.25, 0.3) is 0 Å². The minimum Gasteiger partial charge on any atom is -0.352 e. The monoisotopic (exact) mass is 492 g/mol. The van der Waals surface area contributed by atoms with Gasteiger partial charge in [-0.25, -0.2) is 0 Å². The fourth-order valence-electron chi connectivity index (χ4n) is 3.89. The summed E-state index contributed by atoms with van der Waals surface area (Å²) >= 11 is 13.8. The predicted molar refractivity (Wildman–Crippen MR) is 133 cm³/mol. The zero-order valence-electron chi connectivity index (χ0n) is 18.4. The average Bonchev–Trinajstić information content (AvgIpc) is 3.28. The van der Waals surface area contributed by atoms with Crippen LogP contribution in [-0.4, -0.2) is 34.6 Å². The largest absolute Gasteiger partial charge is 0.352 e. The van der Waals surface area contributed by atoms with Gasteiger partial charge in [-0.3, -0.25) is 9.59 Å². The molecule has 0 heterocycles. The summed E-state index contributed by atoms with van der Waals surface area (Å²) in [6, 6.07) is 14.8. The highest BCUT2D eigenvalue weighted by atomic mass is 35.5. The lowest BCUT2D eigenvalue weighted by Crippen LogP contribution is -2.49. The maximum Gasteiger partial charge on any atom is 0.242 e. The van der Waals surface area contributed by atoms with E-state index in [1.165, 1.54) is 0 Å². The van der Waals surface area contributed by atoms with Crippen LogP contribution in [0, 0.1) is 0 Å². The Kier molecular flexibility index (Phi) is 9.76. The topological polar surface area (TPSA) is 49.4 Å². The second-order valence-corrected chi connectivity index (χ2v) is 10.3. The second kappa shape index (κ2) is 12.5. The second-order valence-electron chi connectivity index (χ2n) is 8.22. The third kappa shape index (κ3) is 7.72. The SMILES string of the molecule is C[C@H](C(=O)NC1CCCC1)N(Cc1cccc(Cl)c1)C(=O)CCCSc1ccc(Cl)cc1. The summed E-state index contributed by atoms with van der Waals surface area (Å²) in [6.45, 7) is 2.18. The van der Waals surface area contributed by atoms with Gasteiger partial charge in [0.2, 0.25) is 11.8 Å². The minimum atomic E-state index is -0.536. The Morgan fingerprint density at radius 1 is 1.09 bits per heavy atom. The van der Waals surface area contributed by atoms with E-state index in [0.29, 0.717) is 23.0 Å². The highest BCUT2D eigenvalue weighted by molar-refractivity contribution is 7.99. The van der Waals surface area contributed by atoms with Crippen molar-refractivity contribution >= 4 is 46.8 Å². The molecule has 0 bridgehead atoms. The molecule has 0 saturated heterocycles. The molecule has 2 aromatic rings. The number of thioether (sulfide) groups is 1. The highest BCUT2D eigenvalue weighted by Gasteiger charge is 2.28. The predicted octanol–water partition coefficient (Wildman–Crippen LogP) is 6.34. The molecule has 0 aliphatic heterocycles. The van der Waals surface area contributed by atoms with Gasteiger partial charge in [0.1, 0.15) is 6.04 Å². The van der Waals surface area contributed by atoms with E-state index in [9.17, 15) is 9.59 Å². The van der Waals surface area contributed by atoms with Crippen LogP contribution < -0.4 is 5.32 Å². The van der Waals surface area contributed by atoms with Crippen LogP contribution in [0.1, 0.15) is 51.0 Å². The van der Waals surface area contributed by atoms with Crippen molar-refractivity contribution in [2.75, 3.05) is 5.75 Å². The number of benzene rings is 2. The van der Waals surface area contributed by atoms with E-state index in [1.807, 2.05) is 49.4 Å². The van der Waals surface area contributed by atoms with Crippen LogP contribution in [-0.2, 0) is 16.1 Å². The minimum absolute atomic E-state index is 0.0178. The number of nitrogens with zero attached hydrogens (tertiary/aromatic N) is 1. The van der Waals surface area contributed by atoms with E-state index in [0.717, 1.165) is 48.3 Å². The molecule has 1 fully saturated rings. The van der Waals surface area contributed by atoms with Crippen LogP contribution in [0.5, 0.6) is 0 Å². The molecule has 172 valence electrons. The fraction of sp³-hybridized carbons (Fsp3) is 0.440. The molecular weight excluding hydrogens is 463 g/mol. The summed E-state index contributed by atoms with van der Waals surface area (Å²) in [5.41, 5.74) is 0.918. The van der Waals surface area contributed by atoms with E-state index < -0.39 is 6.04 Å². The van der Waals surface area contributed by atoms with Gasteiger partial charge in [0, 0.05) is 33.9 Å². The quantitative estimate of drug-likeness (QED) is 0.310. The molecule has 2 aromatic carbocycles. The van der Waals surface area contributed by atoms with Crippen molar-refractivity contribution in [3.8, 4) is 0 Å².